The van der Waals surface area contributed by atoms with Crippen molar-refractivity contribution in [2.24, 2.45) is 0 Å². The molecule has 1 N–H and O–H groups in total. The lowest BCUT2D eigenvalue weighted by Gasteiger charge is -2.34. The molecule has 38 heavy (non-hydrogen) atoms. The SMILES string of the molecule is COc1cc(-c2cnc3c(NC(C)=O)cc(-c4ccc(N5CCN(C)CC5)cc4)cn23)cc(OC)c1OC. The van der Waals surface area contributed by atoms with E-state index < -0.39 is 0 Å². The summed E-state index contributed by atoms with van der Waals surface area (Å²) in [7, 11) is 6.92. The molecule has 5 rings (SSSR count). The number of benzene rings is 2. The third-order valence-corrected chi connectivity index (χ3v) is 6.95. The molecule has 4 aromatic rings. The third-order valence-electron chi connectivity index (χ3n) is 6.95. The minimum atomic E-state index is -0.160. The van der Waals surface area contributed by atoms with Crippen molar-refractivity contribution in [3.05, 3.63) is 54.9 Å². The number of nitrogens with one attached hydrogen (secondary N) is 1. The Kier molecular flexibility index (Phi) is 7.11. The quantitative estimate of drug-likeness (QED) is 0.391. The number of ether oxygens (including phenoxy) is 3. The van der Waals surface area contributed by atoms with Crippen LogP contribution in [0.1, 0.15) is 6.92 Å². The van der Waals surface area contributed by atoms with Crippen LogP contribution in [0.2, 0.25) is 0 Å². The van der Waals surface area contributed by atoms with E-state index in [4.69, 9.17) is 14.2 Å². The summed E-state index contributed by atoms with van der Waals surface area (Å²) in [6, 6.07) is 14.3. The highest BCUT2D eigenvalue weighted by molar-refractivity contribution is 5.94. The van der Waals surface area contributed by atoms with Crippen molar-refractivity contribution in [3.8, 4) is 39.6 Å². The second-order valence-electron chi connectivity index (χ2n) is 9.41. The number of methoxy groups -OCH3 is 3. The second kappa shape index (κ2) is 10.6. The zero-order valence-electron chi connectivity index (χ0n) is 22.4. The van der Waals surface area contributed by atoms with E-state index in [9.17, 15) is 4.79 Å². The number of hydrogen-bond acceptors (Lipinski definition) is 7. The molecule has 2 aromatic carbocycles. The van der Waals surface area contributed by atoms with Crippen LogP contribution in [0.25, 0.3) is 28.0 Å². The average molecular weight is 516 g/mol. The number of likely N-dealkylation sites (N-methyl/N-ethyl adjacent to an activating group) is 1. The highest BCUT2D eigenvalue weighted by Crippen LogP contribution is 2.42. The molecule has 1 aliphatic heterocycles. The molecule has 0 unspecified atom stereocenters. The summed E-state index contributed by atoms with van der Waals surface area (Å²) in [5.41, 5.74) is 6.15. The van der Waals surface area contributed by atoms with E-state index in [2.05, 4.69) is 51.4 Å². The van der Waals surface area contributed by atoms with E-state index in [1.54, 1.807) is 27.5 Å². The van der Waals surface area contributed by atoms with Crippen molar-refractivity contribution >= 4 is 22.9 Å². The maximum atomic E-state index is 12.1. The first-order valence-electron chi connectivity index (χ1n) is 12.5. The highest BCUT2D eigenvalue weighted by atomic mass is 16.5. The predicted octanol–water partition coefficient (Wildman–Crippen LogP) is 4.40. The van der Waals surface area contributed by atoms with Gasteiger partial charge in [-0.25, -0.2) is 4.98 Å². The predicted molar refractivity (Wildman–Crippen MR) is 150 cm³/mol. The van der Waals surface area contributed by atoms with Gasteiger partial charge < -0.3 is 29.3 Å². The number of nitrogens with zero attached hydrogens (tertiary/aromatic N) is 4. The van der Waals surface area contributed by atoms with Crippen molar-refractivity contribution in [1.82, 2.24) is 14.3 Å². The fourth-order valence-electron chi connectivity index (χ4n) is 4.90. The summed E-state index contributed by atoms with van der Waals surface area (Å²) in [5, 5.41) is 2.95. The standard InChI is InChI=1S/C29H33N5O4/c1-19(35)31-24-14-22(20-6-8-23(9-7-20)33-12-10-32(2)11-13-33)18-34-25(17-30-29(24)34)21-15-26(36-3)28(38-5)27(16-21)37-4/h6-9,14-18H,10-13H2,1-5H3,(H,31,35). The Morgan fingerprint density at radius 3 is 2.11 bits per heavy atom. The van der Waals surface area contributed by atoms with E-state index in [1.165, 1.54) is 12.6 Å². The van der Waals surface area contributed by atoms with Gasteiger partial charge in [-0.1, -0.05) is 12.1 Å². The minimum Gasteiger partial charge on any atom is -0.493 e. The summed E-state index contributed by atoms with van der Waals surface area (Å²) >= 11 is 0. The van der Waals surface area contributed by atoms with Crippen molar-refractivity contribution in [2.45, 2.75) is 6.92 Å². The zero-order chi connectivity index (χ0) is 26.8. The molecule has 0 bridgehead atoms. The van der Waals surface area contributed by atoms with Gasteiger partial charge in [0, 0.05) is 56.1 Å². The van der Waals surface area contributed by atoms with Gasteiger partial charge in [0.15, 0.2) is 17.1 Å². The molecular formula is C29H33N5O4. The van der Waals surface area contributed by atoms with Crippen LogP contribution in [0.3, 0.4) is 0 Å². The number of aromatic nitrogens is 2. The molecule has 0 aliphatic carbocycles. The van der Waals surface area contributed by atoms with Crippen LogP contribution in [0.4, 0.5) is 11.4 Å². The summed E-state index contributed by atoms with van der Waals surface area (Å²) < 4.78 is 18.6. The molecule has 1 aliphatic rings. The van der Waals surface area contributed by atoms with Crippen molar-refractivity contribution in [1.29, 1.82) is 0 Å². The molecular weight excluding hydrogens is 482 g/mol. The normalized spacial score (nSPS) is 14.0. The van der Waals surface area contributed by atoms with Crippen molar-refractivity contribution in [2.75, 3.05) is 64.8 Å². The van der Waals surface area contributed by atoms with E-state index in [0.29, 0.717) is 28.6 Å². The first-order chi connectivity index (χ1) is 18.4. The molecule has 0 spiro atoms. The summed E-state index contributed by atoms with van der Waals surface area (Å²) in [4.78, 5) is 21.5. The maximum Gasteiger partial charge on any atom is 0.221 e. The van der Waals surface area contributed by atoms with Gasteiger partial charge >= 0.3 is 0 Å². The first-order valence-corrected chi connectivity index (χ1v) is 12.5. The average Bonchev–Trinajstić information content (AvgIpc) is 3.37. The van der Waals surface area contributed by atoms with Gasteiger partial charge in [-0.05, 0) is 42.9 Å². The molecule has 9 heteroatoms. The molecule has 1 saturated heterocycles. The monoisotopic (exact) mass is 515 g/mol. The summed E-state index contributed by atoms with van der Waals surface area (Å²) in [5.74, 6) is 1.46. The Hall–Kier alpha value is -4.24. The van der Waals surface area contributed by atoms with Crippen LogP contribution in [0, 0.1) is 0 Å². The number of anilines is 2. The Morgan fingerprint density at radius 1 is 0.868 bits per heavy atom. The van der Waals surface area contributed by atoms with Gasteiger partial charge in [-0.2, -0.15) is 0 Å². The number of hydrogen-bond donors (Lipinski definition) is 1. The molecule has 198 valence electrons. The van der Waals surface area contributed by atoms with Gasteiger partial charge in [0.2, 0.25) is 11.7 Å². The first kappa shape index (κ1) is 25.4. The van der Waals surface area contributed by atoms with Crippen molar-refractivity contribution in [3.63, 3.8) is 0 Å². The van der Waals surface area contributed by atoms with Gasteiger partial charge in [-0.3, -0.25) is 9.20 Å². The van der Waals surface area contributed by atoms with E-state index in [1.807, 2.05) is 28.8 Å². The Balaban J connectivity index is 1.59. The van der Waals surface area contributed by atoms with Gasteiger partial charge in [0.1, 0.15) is 0 Å². The Bertz CT molecular complexity index is 1430. The number of carbonyl (C=O) groups excluding carboxylic acids is 1. The fourth-order valence-corrected chi connectivity index (χ4v) is 4.90. The van der Waals surface area contributed by atoms with Crippen LogP contribution < -0.4 is 24.4 Å². The van der Waals surface area contributed by atoms with Crippen LogP contribution >= 0.6 is 0 Å². The molecule has 9 nitrogen and oxygen atoms in total. The van der Waals surface area contributed by atoms with Crippen LogP contribution in [0.15, 0.2) is 54.9 Å². The lowest BCUT2D eigenvalue weighted by atomic mass is 10.1. The third kappa shape index (κ3) is 4.84. The molecule has 0 saturated carbocycles. The molecule has 1 amide bonds. The maximum absolute atomic E-state index is 12.1. The van der Waals surface area contributed by atoms with E-state index in [-0.39, 0.29) is 5.91 Å². The minimum absolute atomic E-state index is 0.160. The number of amides is 1. The number of fused-ring (bicyclic) bond motifs is 1. The summed E-state index contributed by atoms with van der Waals surface area (Å²) in [6.45, 7) is 5.64. The Morgan fingerprint density at radius 2 is 1.53 bits per heavy atom. The lowest BCUT2D eigenvalue weighted by Crippen LogP contribution is -2.44. The fraction of sp³-hybridized carbons (Fsp3) is 0.310. The van der Waals surface area contributed by atoms with E-state index in [0.717, 1.165) is 48.6 Å². The molecule has 0 radical (unpaired) electrons. The van der Waals surface area contributed by atoms with Crippen LogP contribution in [0.5, 0.6) is 17.2 Å². The molecule has 3 heterocycles. The zero-order valence-corrected chi connectivity index (χ0v) is 22.4. The lowest BCUT2D eigenvalue weighted by molar-refractivity contribution is -0.114. The van der Waals surface area contributed by atoms with Crippen LogP contribution in [-0.2, 0) is 4.79 Å². The summed E-state index contributed by atoms with van der Waals surface area (Å²) in [6.07, 6.45) is 3.82. The van der Waals surface area contributed by atoms with Gasteiger partial charge in [0.05, 0.1) is 38.9 Å². The smallest absolute Gasteiger partial charge is 0.221 e. The molecule has 1 fully saturated rings. The Labute approximate surface area is 222 Å². The molecule has 2 aromatic heterocycles. The topological polar surface area (TPSA) is 80.6 Å². The van der Waals surface area contributed by atoms with Crippen LogP contribution in [-0.4, -0.2) is 74.7 Å². The van der Waals surface area contributed by atoms with Gasteiger partial charge in [-0.15, -0.1) is 0 Å². The number of pyridine rings is 1. The number of carbonyl (C=O) groups is 1. The number of rotatable bonds is 7. The number of imidazole rings is 1. The van der Waals surface area contributed by atoms with E-state index >= 15 is 0 Å². The van der Waals surface area contributed by atoms with Gasteiger partial charge in [0.25, 0.3) is 0 Å². The molecule has 0 atom stereocenters. The van der Waals surface area contributed by atoms with Crippen molar-refractivity contribution < 1.29 is 19.0 Å². The second-order valence-corrected chi connectivity index (χ2v) is 9.41. The highest BCUT2D eigenvalue weighted by Gasteiger charge is 2.19. The number of piperazine rings is 1. The largest absolute Gasteiger partial charge is 0.493 e.